The number of ether oxygens (including phenoxy) is 2. The number of ketones is 1. The summed E-state index contributed by atoms with van der Waals surface area (Å²) in [5, 5.41) is 25.9. The van der Waals surface area contributed by atoms with Crippen LogP contribution in [0.3, 0.4) is 0 Å². The second-order valence-corrected chi connectivity index (χ2v) is 9.02. The molecule has 1 saturated heterocycles. The molecule has 10 heteroatoms. The molecule has 1 amide bonds. The summed E-state index contributed by atoms with van der Waals surface area (Å²) in [6.07, 6.45) is -0.644. The second-order valence-electron chi connectivity index (χ2n) is 9.02. The average molecular weight is 523 g/mol. The third-order valence-electron chi connectivity index (χ3n) is 6.40. The van der Waals surface area contributed by atoms with Crippen molar-refractivity contribution >= 4 is 17.7 Å². The van der Waals surface area contributed by atoms with Gasteiger partial charge in [0.25, 0.3) is 5.91 Å². The number of benzene rings is 3. The van der Waals surface area contributed by atoms with Crippen molar-refractivity contribution in [2.75, 3.05) is 20.2 Å². The molecule has 0 radical (unpaired) electrons. The largest absolute Gasteiger partial charge is 0.507 e. The minimum absolute atomic E-state index is 0.0520. The molecule has 9 nitrogen and oxygen atoms in total. The van der Waals surface area contributed by atoms with Gasteiger partial charge in [-0.25, -0.2) is 9.18 Å². The number of aromatic hydroxyl groups is 2. The van der Waals surface area contributed by atoms with Gasteiger partial charge in [-0.3, -0.25) is 9.59 Å². The van der Waals surface area contributed by atoms with Crippen LogP contribution in [-0.2, 0) is 4.74 Å². The van der Waals surface area contributed by atoms with Gasteiger partial charge in [-0.05, 0) is 61.4 Å². The fraction of sp³-hybridized carbons (Fsp3) is 0.250. The Bertz CT molecular complexity index is 1380. The number of methoxy groups -OCH3 is 1. The Morgan fingerprint density at radius 2 is 1.58 bits per heavy atom. The molecule has 0 bridgehead atoms. The number of phenolic OH excluding ortho intramolecular Hbond substituents is 2. The van der Waals surface area contributed by atoms with Crippen LogP contribution in [0.15, 0.2) is 48.5 Å². The molecule has 3 aromatic carbocycles. The van der Waals surface area contributed by atoms with Crippen LogP contribution >= 0.6 is 0 Å². The van der Waals surface area contributed by atoms with Gasteiger partial charge in [0.05, 0.1) is 18.7 Å². The lowest BCUT2D eigenvalue weighted by atomic mass is 10.00. The van der Waals surface area contributed by atoms with Crippen LogP contribution in [0.5, 0.6) is 17.2 Å². The zero-order valence-corrected chi connectivity index (χ0v) is 21.0. The van der Waals surface area contributed by atoms with Gasteiger partial charge in [-0.2, -0.15) is 0 Å². The molecule has 3 aromatic rings. The van der Waals surface area contributed by atoms with Crippen LogP contribution < -0.4 is 15.4 Å². The van der Waals surface area contributed by atoms with E-state index in [9.17, 15) is 29.0 Å². The predicted molar refractivity (Wildman–Crippen MR) is 135 cm³/mol. The molecule has 0 spiro atoms. The number of rotatable bonds is 7. The van der Waals surface area contributed by atoms with E-state index in [4.69, 9.17) is 9.47 Å². The minimum atomic E-state index is -0.986. The Morgan fingerprint density at radius 1 is 0.947 bits per heavy atom. The third kappa shape index (κ3) is 5.30. The maximum absolute atomic E-state index is 14.6. The number of esters is 1. The molecule has 4 rings (SSSR count). The van der Waals surface area contributed by atoms with E-state index in [2.05, 4.69) is 10.6 Å². The van der Waals surface area contributed by atoms with E-state index >= 15 is 0 Å². The van der Waals surface area contributed by atoms with Crippen LogP contribution in [-0.4, -0.2) is 60.2 Å². The first-order chi connectivity index (χ1) is 18.1. The van der Waals surface area contributed by atoms with E-state index in [1.54, 1.807) is 26.0 Å². The summed E-state index contributed by atoms with van der Waals surface area (Å²) < 4.78 is 25.1. The molecule has 0 saturated carbocycles. The molecule has 38 heavy (non-hydrogen) atoms. The molecule has 2 unspecified atom stereocenters. The molecule has 4 N–H and O–H groups in total. The van der Waals surface area contributed by atoms with Crippen molar-refractivity contribution < 1.29 is 38.5 Å². The predicted octanol–water partition coefficient (Wildman–Crippen LogP) is 3.02. The molecule has 1 heterocycles. The zero-order chi connectivity index (χ0) is 27.6. The van der Waals surface area contributed by atoms with Gasteiger partial charge in [0.1, 0.15) is 23.2 Å². The molecule has 1 aliphatic heterocycles. The molecular formula is C28H27FN2O7. The van der Waals surface area contributed by atoms with Crippen LogP contribution in [0, 0.1) is 19.7 Å². The topological polar surface area (TPSA) is 134 Å². The Labute approximate surface area is 218 Å². The normalized spacial score (nSPS) is 16.6. The van der Waals surface area contributed by atoms with Crippen molar-refractivity contribution in [3.8, 4) is 17.2 Å². The molecule has 198 valence electrons. The number of amides is 1. The van der Waals surface area contributed by atoms with Gasteiger partial charge in [-0.1, -0.05) is 12.1 Å². The Hall–Kier alpha value is -4.44. The Kier molecular flexibility index (Phi) is 7.63. The Balaban J connectivity index is 1.43. The highest BCUT2D eigenvalue weighted by atomic mass is 19.1. The van der Waals surface area contributed by atoms with Gasteiger partial charge >= 0.3 is 5.97 Å². The second kappa shape index (κ2) is 10.9. The summed E-state index contributed by atoms with van der Waals surface area (Å²) >= 11 is 0. The molecular weight excluding hydrogens is 495 g/mol. The monoisotopic (exact) mass is 522 g/mol. The number of aryl methyl sites for hydroxylation is 2. The van der Waals surface area contributed by atoms with Crippen LogP contribution in [0.1, 0.15) is 47.8 Å². The summed E-state index contributed by atoms with van der Waals surface area (Å²) in [6.45, 7) is 4.13. The quantitative estimate of drug-likeness (QED) is 0.275. The number of halogens is 1. The van der Waals surface area contributed by atoms with E-state index in [1.807, 2.05) is 0 Å². The molecule has 2 atom stereocenters. The first kappa shape index (κ1) is 26.6. The van der Waals surface area contributed by atoms with Gasteiger partial charge in [0.15, 0.2) is 17.3 Å². The summed E-state index contributed by atoms with van der Waals surface area (Å²) in [5.74, 6) is -3.37. The first-order valence-electron chi connectivity index (χ1n) is 11.8. The van der Waals surface area contributed by atoms with E-state index in [0.29, 0.717) is 29.8 Å². The fourth-order valence-corrected chi connectivity index (χ4v) is 4.29. The number of hydrogen-bond donors (Lipinski definition) is 4. The van der Waals surface area contributed by atoms with Gasteiger partial charge in [0, 0.05) is 24.2 Å². The maximum atomic E-state index is 14.6. The smallest absolute Gasteiger partial charge is 0.338 e. The number of carbonyl (C=O) groups is 3. The highest BCUT2D eigenvalue weighted by Crippen LogP contribution is 2.30. The number of carbonyl (C=O) groups excluding carboxylic acids is 3. The van der Waals surface area contributed by atoms with Gasteiger partial charge in [0.2, 0.25) is 0 Å². The molecule has 0 aromatic heterocycles. The summed E-state index contributed by atoms with van der Waals surface area (Å²) in [4.78, 5) is 38.4. The summed E-state index contributed by atoms with van der Waals surface area (Å²) in [5.41, 5.74) is 1.21. The standard InChI is InChI=1S/C28H27FN2O7/c1-14-10-18(11-15(2)25(14)33)27(35)31-19-12-30-13-22(19)38-28(36)17-6-4-16(5-7-17)26(34)23-20(32)8-9-21(37-3)24(23)29/h4-11,19,22,30,32-33H,12-13H2,1-3H3,(H,31,35). The van der Waals surface area contributed by atoms with E-state index in [1.165, 1.54) is 37.4 Å². The molecule has 0 aliphatic carbocycles. The highest BCUT2D eigenvalue weighted by Gasteiger charge is 2.32. The van der Waals surface area contributed by atoms with E-state index in [0.717, 1.165) is 6.07 Å². The lowest BCUT2D eigenvalue weighted by Crippen LogP contribution is -2.44. The third-order valence-corrected chi connectivity index (χ3v) is 6.40. The van der Waals surface area contributed by atoms with E-state index in [-0.39, 0.29) is 28.5 Å². The first-order valence-corrected chi connectivity index (χ1v) is 11.8. The summed E-state index contributed by atoms with van der Waals surface area (Å²) in [7, 11) is 1.25. The SMILES string of the molecule is COc1ccc(O)c(C(=O)c2ccc(C(=O)OC3CNCC3NC(=O)c3cc(C)c(O)c(C)c3)cc2)c1F. The zero-order valence-electron chi connectivity index (χ0n) is 21.0. The van der Waals surface area contributed by atoms with E-state index < -0.39 is 41.0 Å². The lowest BCUT2D eigenvalue weighted by molar-refractivity contribution is 0.0283. The van der Waals surface area contributed by atoms with Gasteiger partial charge in [-0.15, -0.1) is 0 Å². The van der Waals surface area contributed by atoms with Crippen molar-refractivity contribution in [3.05, 3.63) is 87.7 Å². The number of hydrogen-bond acceptors (Lipinski definition) is 8. The van der Waals surface area contributed by atoms with Crippen molar-refractivity contribution in [2.24, 2.45) is 0 Å². The summed E-state index contributed by atoms with van der Waals surface area (Å²) in [6, 6.07) is 10.4. The lowest BCUT2D eigenvalue weighted by Gasteiger charge is -2.21. The average Bonchev–Trinajstić information content (AvgIpc) is 3.33. The van der Waals surface area contributed by atoms with Crippen molar-refractivity contribution in [3.63, 3.8) is 0 Å². The fourth-order valence-electron chi connectivity index (χ4n) is 4.29. The van der Waals surface area contributed by atoms with Crippen LogP contribution in [0.25, 0.3) is 0 Å². The van der Waals surface area contributed by atoms with Crippen LogP contribution in [0.4, 0.5) is 4.39 Å². The van der Waals surface area contributed by atoms with Crippen molar-refractivity contribution in [2.45, 2.75) is 26.0 Å². The highest BCUT2D eigenvalue weighted by molar-refractivity contribution is 6.11. The van der Waals surface area contributed by atoms with Gasteiger partial charge < -0.3 is 30.3 Å². The molecule has 1 aliphatic rings. The maximum Gasteiger partial charge on any atom is 0.338 e. The van der Waals surface area contributed by atoms with Crippen LogP contribution in [0.2, 0.25) is 0 Å². The molecule has 1 fully saturated rings. The Morgan fingerprint density at radius 3 is 2.21 bits per heavy atom. The van der Waals surface area contributed by atoms with Crippen molar-refractivity contribution in [1.82, 2.24) is 10.6 Å². The number of phenols is 2. The van der Waals surface area contributed by atoms with Crippen molar-refractivity contribution in [1.29, 1.82) is 0 Å². The number of nitrogens with one attached hydrogen (secondary N) is 2. The minimum Gasteiger partial charge on any atom is -0.507 e.